The maximum atomic E-state index is 12.6. The molecule has 0 spiro atoms. The first-order chi connectivity index (χ1) is 8.86. The minimum absolute atomic E-state index is 0.0646. The summed E-state index contributed by atoms with van der Waals surface area (Å²) in [6.07, 6.45) is -4.96. The number of alkyl halides is 3. The lowest BCUT2D eigenvalue weighted by Gasteiger charge is -2.27. The molecule has 1 saturated heterocycles. The van der Waals surface area contributed by atoms with E-state index in [1.807, 2.05) is 0 Å². The molecule has 2 atom stereocenters. The van der Waals surface area contributed by atoms with Crippen molar-refractivity contribution in [2.45, 2.75) is 31.7 Å². The molecule has 3 nitrogen and oxygen atoms in total. The number of morpholine rings is 1. The second kappa shape index (κ2) is 5.21. The van der Waals surface area contributed by atoms with Crippen LogP contribution < -0.4 is 5.32 Å². The molecule has 1 aromatic carbocycles. The summed E-state index contributed by atoms with van der Waals surface area (Å²) < 4.78 is 43.0. The molecule has 1 aliphatic rings. The zero-order chi connectivity index (χ0) is 14.0. The van der Waals surface area contributed by atoms with Gasteiger partial charge in [0.25, 0.3) is 0 Å². The van der Waals surface area contributed by atoms with Gasteiger partial charge in [0.1, 0.15) is 6.10 Å². The second-order valence-electron chi connectivity index (χ2n) is 4.63. The molecule has 1 aliphatic heterocycles. The zero-order valence-electron chi connectivity index (χ0n) is 10.3. The van der Waals surface area contributed by atoms with E-state index >= 15 is 0 Å². The number of ether oxygens (including phenoxy) is 1. The van der Waals surface area contributed by atoms with E-state index in [1.165, 1.54) is 6.07 Å². The summed E-state index contributed by atoms with van der Waals surface area (Å²) in [6.45, 7) is 2.17. The summed E-state index contributed by atoms with van der Waals surface area (Å²) >= 11 is 0. The molecule has 0 unspecified atom stereocenters. The van der Waals surface area contributed by atoms with Gasteiger partial charge in [-0.05, 0) is 18.6 Å². The normalized spacial score (nSPS) is 24.1. The maximum Gasteiger partial charge on any atom is 0.416 e. The van der Waals surface area contributed by atoms with Gasteiger partial charge in [-0.3, -0.25) is 4.79 Å². The van der Waals surface area contributed by atoms with Crippen molar-refractivity contribution in [1.82, 2.24) is 5.32 Å². The van der Waals surface area contributed by atoms with Gasteiger partial charge in [-0.2, -0.15) is 13.2 Å². The fourth-order valence-corrected chi connectivity index (χ4v) is 1.95. The Hall–Kier alpha value is -1.56. The number of hydrogen-bond acceptors (Lipinski definition) is 2. The Morgan fingerprint density at radius 1 is 1.42 bits per heavy atom. The predicted molar refractivity (Wildman–Crippen MR) is 62.5 cm³/mol. The van der Waals surface area contributed by atoms with Gasteiger partial charge in [0.15, 0.2) is 0 Å². The maximum absolute atomic E-state index is 12.6. The molecule has 1 heterocycles. The van der Waals surface area contributed by atoms with E-state index in [4.69, 9.17) is 4.74 Å². The van der Waals surface area contributed by atoms with Crippen LogP contribution >= 0.6 is 0 Å². The number of nitrogens with one attached hydrogen (secondary N) is 1. The number of rotatable bonds is 2. The Morgan fingerprint density at radius 3 is 2.79 bits per heavy atom. The SMILES string of the molecule is C[C@H]1CO[C@@H](Cc2cccc(C(F)(F)F)c2)C(=O)N1. The van der Waals surface area contributed by atoms with Crippen LogP contribution in [0.25, 0.3) is 0 Å². The monoisotopic (exact) mass is 273 g/mol. The average Bonchev–Trinajstić information content (AvgIpc) is 2.32. The lowest BCUT2D eigenvalue weighted by molar-refractivity contribution is -0.140. The van der Waals surface area contributed by atoms with Crippen LogP contribution in [0.2, 0.25) is 0 Å². The van der Waals surface area contributed by atoms with Crippen molar-refractivity contribution < 1.29 is 22.7 Å². The third kappa shape index (κ3) is 3.47. The van der Waals surface area contributed by atoms with Crippen LogP contribution in [0.5, 0.6) is 0 Å². The van der Waals surface area contributed by atoms with Gasteiger partial charge in [-0.1, -0.05) is 18.2 Å². The van der Waals surface area contributed by atoms with Crippen LogP contribution in [-0.4, -0.2) is 24.7 Å². The van der Waals surface area contributed by atoms with Crippen LogP contribution in [0.4, 0.5) is 13.2 Å². The van der Waals surface area contributed by atoms with E-state index in [9.17, 15) is 18.0 Å². The van der Waals surface area contributed by atoms with Crippen molar-refractivity contribution in [3.63, 3.8) is 0 Å². The molecule has 104 valence electrons. The molecule has 1 amide bonds. The topological polar surface area (TPSA) is 38.3 Å². The van der Waals surface area contributed by atoms with Crippen LogP contribution in [-0.2, 0) is 22.1 Å². The summed E-state index contributed by atoms with van der Waals surface area (Å²) in [5.74, 6) is -0.281. The van der Waals surface area contributed by atoms with E-state index in [-0.39, 0.29) is 18.4 Å². The lowest BCUT2D eigenvalue weighted by Crippen LogP contribution is -2.50. The number of carbonyl (C=O) groups excluding carboxylic acids is 1. The molecule has 19 heavy (non-hydrogen) atoms. The first-order valence-corrected chi connectivity index (χ1v) is 5.94. The molecular formula is C13H14F3NO2. The second-order valence-corrected chi connectivity index (χ2v) is 4.63. The van der Waals surface area contributed by atoms with Gasteiger partial charge in [0.05, 0.1) is 12.2 Å². The molecule has 6 heteroatoms. The van der Waals surface area contributed by atoms with Crippen molar-refractivity contribution in [1.29, 1.82) is 0 Å². The zero-order valence-corrected chi connectivity index (χ0v) is 10.3. The van der Waals surface area contributed by atoms with Crippen LogP contribution in [0.1, 0.15) is 18.1 Å². The lowest BCUT2D eigenvalue weighted by atomic mass is 10.0. The molecular weight excluding hydrogens is 259 g/mol. The highest BCUT2D eigenvalue weighted by Crippen LogP contribution is 2.29. The predicted octanol–water partition coefficient (Wildman–Crippen LogP) is 2.15. The number of hydrogen-bond donors (Lipinski definition) is 1. The summed E-state index contributed by atoms with van der Waals surface area (Å²) in [6, 6.07) is 4.89. The van der Waals surface area contributed by atoms with Crippen LogP contribution in [0, 0.1) is 0 Å². The van der Waals surface area contributed by atoms with Gasteiger partial charge in [0, 0.05) is 12.5 Å². The fraction of sp³-hybridized carbons (Fsp3) is 0.462. The van der Waals surface area contributed by atoms with Crippen LogP contribution in [0.3, 0.4) is 0 Å². The number of carbonyl (C=O) groups is 1. The van der Waals surface area contributed by atoms with Crippen molar-refractivity contribution >= 4 is 5.91 Å². The van der Waals surface area contributed by atoms with Gasteiger partial charge in [-0.15, -0.1) is 0 Å². The average molecular weight is 273 g/mol. The minimum Gasteiger partial charge on any atom is -0.366 e. The first kappa shape index (κ1) is 13.9. The molecule has 1 N–H and O–H groups in total. The van der Waals surface area contributed by atoms with E-state index in [0.29, 0.717) is 12.2 Å². The molecule has 1 aromatic rings. The highest BCUT2D eigenvalue weighted by atomic mass is 19.4. The molecule has 0 aliphatic carbocycles. The minimum atomic E-state index is -4.37. The molecule has 2 rings (SSSR count). The number of amides is 1. The Kier molecular flexibility index (Phi) is 3.80. The molecule has 0 saturated carbocycles. The fourth-order valence-electron chi connectivity index (χ4n) is 1.95. The van der Waals surface area contributed by atoms with Crippen molar-refractivity contribution in [3.05, 3.63) is 35.4 Å². The molecule has 0 radical (unpaired) electrons. The summed E-state index contributed by atoms with van der Waals surface area (Å²) in [4.78, 5) is 11.6. The van der Waals surface area contributed by atoms with Crippen molar-refractivity contribution in [3.8, 4) is 0 Å². The Labute approximate surface area is 108 Å². The number of benzene rings is 1. The van der Waals surface area contributed by atoms with Crippen LogP contribution in [0.15, 0.2) is 24.3 Å². The highest BCUT2D eigenvalue weighted by molar-refractivity contribution is 5.82. The quantitative estimate of drug-likeness (QED) is 0.896. The van der Waals surface area contributed by atoms with Gasteiger partial charge >= 0.3 is 6.18 Å². The first-order valence-electron chi connectivity index (χ1n) is 5.94. The highest BCUT2D eigenvalue weighted by Gasteiger charge is 2.31. The van der Waals surface area contributed by atoms with Crippen molar-refractivity contribution in [2.75, 3.05) is 6.61 Å². The summed E-state index contributed by atoms with van der Waals surface area (Å²) in [5.41, 5.74) is -0.279. The largest absolute Gasteiger partial charge is 0.416 e. The third-order valence-corrected chi connectivity index (χ3v) is 2.90. The number of halogens is 3. The van der Waals surface area contributed by atoms with Gasteiger partial charge in [-0.25, -0.2) is 0 Å². The molecule has 1 fully saturated rings. The Balaban J connectivity index is 2.09. The molecule has 0 aromatic heterocycles. The van der Waals surface area contributed by atoms with Gasteiger partial charge < -0.3 is 10.1 Å². The summed E-state index contributed by atoms with van der Waals surface area (Å²) in [5, 5.41) is 2.71. The Morgan fingerprint density at radius 2 is 2.16 bits per heavy atom. The smallest absolute Gasteiger partial charge is 0.366 e. The van der Waals surface area contributed by atoms with Crippen molar-refractivity contribution in [2.24, 2.45) is 0 Å². The van der Waals surface area contributed by atoms with E-state index in [0.717, 1.165) is 12.1 Å². The standard InChI is InChI=1S/C13H14F3NO2/c1-8-7-19-11(12(18)17-8)6-9-3-2-4-10(5-9)13(14,15)16/h2-5,8,11H,6-7H2,1H3,(H,17,18)/t8-,11-/m0/s1. The van der Waals surface area contributed by atoms with E-state index in [1.54, 1.807) is 13.0 Å². The third-order valence-electron chi connectivity index (χ3n) is 2.90. The van der Waals surface area contributed by atoms with Gasteiger partial charge in [0.2, 0.25) is 5.91 Å². The summed E-state index contributed by atoms with van der Waals surface area (Å²) in [7, 11) is 0. The Bertz CT molecular complexity index is 473. The van der Waals surface area contributed by atoms with E-state index < -0.39 is 17.8 Å². The van der Waals surface area contributed by atoms with E-state index in [2.05, 4.69) is 5.32 Å². The molecule has 0 bridgehead atoms.